The summed E-state index contributed by atoms with van der Waals surface area (Å²) in [7, 11) is 1.65. The van der Waals surface area contributed by atoms with Gasteiger partial charge in [0.05, 0.1) is 12.3 Å². The van der Waals surface area contributed by atoms with Gasteiger partial charge >= 0.3 is 5.69 Å². The van der Waals surface area contributed by atoms with Crippen LogP contribution < -0.4 is 10.4 Å². The molecular formula is C17H18N4O2S. The Morgan fingerprint density at radius 1 is 1.38 bits per heavy atom. The summed E-state index contributed by atoms with van der Waals surface area (Å²) in [5.74, 6) is 1.52. The van der Waals surface area contributed by atoms with Gasteiger partial charge in [0.15, 0.2) is 5.13 Å². The summed E-state index contributed by atoms with van der Waals surface area (Å²) >= 11 is 1.54. The van der Waals surface area contributed by atoms with Crippen LogP contribution in [-0.2, 0) is 19.9 Å². The minimum atomic E-state index is -0.172. The molecule has 0 saturated carbocycles. The summed E-state index contributed by atoms with van der Waals surface area (Å²) in [5.41, 5.74) is 2.98. The first-order chi connectivity index (χ1) is 11.6. The second-order valence-corrected chi connectivity index (χ2v) is 6.90. The van der Waals surface area contributed by atoms with Gasteiger partial charge in [-0.05, 0) is 31.0 Å². The normalized spacial score (nSPS) is 13.1. The molecule has 0 fully saturated rings. The highest BCUT2D eigenvalue weighted by atomic mass is 32.1. The Kier molecular flexibility index (Phi) is 3.53. The predicted molar refractivity (Wildman–Crippen MR) is 93.2 cm³/mol. The fraction of sp³-hybridized carbons (Fsp3) is 0.353. The molecule has 24 heavy (non-hydrogen) atoms. The van der Waals surface area contributed by atoms with Crippen molar-refractivity contribution in [2.45, 2.75) is 26.7 Å². The van der Waals surface area contributed by atoms with Crippen LogP contribution in [0.2, 0.25) is 0 Å². The second kappa shape index (κ2) is 5.59. The van der Waals surface area contributed by atoms with E-state index in [4.69, 9.17) is 9.72 Å². The third kappa shape index (κ3) is 2.27. The molecule has 0 bridgehead atoms. The lowest BCUT2D eigenvalue weighted by atomic mass is 10.1. The van der Waals surface area contributed by atoms with Gasteiger partial charge in [0.1, 0.15) is 11.6 Å². The summed E-state index contributed by atoms with van der Waals surface area (Å²) in [5, 5.41) is 4.86. The van der Waals surface area contributed by atoms with Crippen molar-refractivity contribution in [3.8, 4) is 22.1 Å². The van der Waals surface area contributed by atoms with E-state index >= 15 is 0 Å². The molecule has 1 aromatic carbocycles. The van der Waals surface area contributed by atoms with E-state index in [9.17, 15) is 4.79 Å². The topological polar surface area (TPSA) is 61.9 Å². The van der Waals surface area contributed by atoms with Crippen LogP contribution in [0, 0.1) is 6.92 Å². The van der Waals surface area contributed by atoms with E-state index < -0.39 is 0 Å². The molecular weight excluding hydrogens is 324 g/mol. The van der Waals surface area contributed by atoms with Gasteiger partial charge in [-0.3, -0.25) is 0 Å². The van der Waals surface area contributed by atoms with Crippen LogP contribution >= 0.6 is 11.3 Å². The van der Waals surface area contributed by atoms with Crippen LogP contribution in [0.4, 0.5) is 0 Å². The lowest BCUT2D eigenvalue weighted by Crippen LogP contribution is -2.21. The number of ether oxygens (including phenoxy) is 1. The minimum Gasteiger partial charge on any atom is -0.492 e. The molecule has 0 aliphatic carbocycles. The van der Waals surface area contributed by atoms with Crippen molar-refractivity contribution in [2.24, 2.45) is 7.05 Å². The fourth-order valence-corrected chi connectivity index (χ4v) is 4.07. The highest BCUT2D eigenvalue weighted by molar-refractivity contribution is 7.14. The van der Waals surface area contributed by atoms with Crippen molar-refractivity contribution < 1.29 is 4.74 Å². The Hall–Kier alpha value is -2.41. The summed E-state index contributed by atoms with van der Waals surface area (Å²) in [6.07, 6.45) is 1.76. The highest BCUT2D eigenvalue weighted by Crippen LogP contribution is 2.38. The first-order valence-electron chi connectivity index (χ1n) is 7.97. The van der Waals surface area contributed by atoms with E-state index in [0.717, 1.165) is 34.7 Å². The maximum Gasteiger partial charge on any atom is 0.352 e. The lowest BCUT2D eigenvalue weighted by Gasteiger charge is -2.08. The molecule has 0 amide bonds. The molecule has 1 aliphatic heterocycles. The maximum atomic E-state index is 12.3. The van der Waals surface area contributed by atoms with Gasteiger partial charge in [0.2, 0.25) is 0 Å². The predicted octanol–water partition coefficient (Wildman–Crippen LogP) is 2.50. The van der Waals surface area contributed by atoms with Crippen molar-refractivity contribution >= 4 is 11.3 Å². The Labute approximate surface area is 143 Å². The molecule has 124 valence electrons. The number of hydrogen-bond donors (Lipinski definition) is 0. The molecule has 6 nitrogen and oxygen atoms in total. The molecule has 3 heterocycles. The van der Waals surface area contributed by atoms with Gasteiger partial charge in [0, 0.05) is 23.9 Å². The number of thiazole rings is 1. The van der Waals surface area contributed by atoms with Crippen LogP contribution in [0.15, 0.2) is 23.0 Å². The van der Waals surface area contributed by atoms with E-state index in [-0.39, 0.29) is 5.69 Å². The summed E-state index contributed by atoms with van der Waals surface area (Å²) in [4.78, 5) is 18.2. The highest BCUT2D eigenvalue weighted by Gasteiger charge is 2.23. The zero-order valence-corrected chi connectivity index (χ0v) is 14.7. The molecule has 0 atom stereocenters. The number of aromatic nitrogens is 4. The smallest absolute Gasteiger partial charge is 0.352 e. The number of nitrogens with zero attached hydrogens (tertiary/aromatic N) is 4. The van der Waals surface area contributed by atoms with Gasteiger partial charge in [0.25, 0.3) is 0 Å². The lowest BCUT2D eigenvalue weighted by molar-refractivity contribution is 0.327. The summed E-state index contributed by atoms with van der Waals surface area (Å²) in [6.45, 7) is 4.57. The molecule has 1 aliphatic rings. The molecule has 0 unspecified atom stereocenters. The zero-order chi connectivity index (χ0) is 16.8. The number of benzene rings is 1. The second-order valence-electron chi connectivity index (χ2n) is 5.84. The molecule has 2 aromatic heterocycles. The standard InChI is InChI=1S/C17H18N4O2S/c1-4-11-5-6-12-13(9-11)23-8-7-14-15(12)18-16(24-14)21-10(2)19-20(3)17(21)22/h5-6,9H,4,7-8H2,1-3H3. The third-order valence-electron chi connectivity index (χ3n) is 4.26. The van der Waals surface area contributed by atoms with Gasteiger partial charge in [-0.25, -0.2) is 19.0 Å². The van der Waals surface area contributed by atoms with E-state index in [2.05, 4.69) is 30.2 Å². The SMILES string of the molecule is CCc1ccc2c(c1)OCCc1sc(-n3c(C)nn(C)c3=O)nc1-2. The molecule has 0 radical (unpaired) electrons. The van der Waals surface area contributed by atoms with Crippen LogP contribution in [0.1, 0.15) is 23.2 Å². The Morgan fingerprint density at radius 3 is 2.92 bits per heavy atom. The van der Waals surface area contributed by atoms with Crippen LogP contribution in [0.3, 0.4) is 0 Å². The number of rotatable bonds is 2. The van der Waals surface area contributed by atoms with Crippen molar-refractivity contribution in [1.82, 2.24) is 19.3 Å². The summed E-state index contributed by atoms with van der Waals surface area (Å²) in [6, 6.07) is 6.27. The van der Waals surface area contributed by atoms with E-state index in [1.54, 1.807) is 11.6 Å². The first-order valence-corrected chi connectivity index (χ1v) is 8.79. The van der Waals surface area contributed by atoms with Crippen molar-refractivity contribution in [2.75, 3.05) is 6.61 Å². The summed E-state index contributed by atoms with van der Waals surface area (Å²) < 4.78 is 8.82. The largest absolute Gasteiger partial charge is 0.492 e. The molecule has 7 heteroatoms. The van der Waals surface area contributed by atoms with Crippen molar-refractivity contribution in [3.63, 3.8) is 0 Å². The minimum absolute atomic E-state index is 0.172. The average molecular weight is 342 g/mol. The Balaban J connectivity index is 1.89. The average Bonchev–Trinajstić information content (AvgIpc) is 3.02. The Bertz CT molecular complexity index is 983. The number of aryl methyl sites for hydroxylation is 3. The Morgan fingerprint density at radius 2 is 2.21 bits per heavy atom. The third-order valence-corrected chi connectivity index (χ3v) is 5.36. The van der Waals surface area contributed by atoms with Crippen LogP contribution in [-0.4, -0.2) is 25.9 Å². The molecule has 0 spiro atoms. The van der Waals surface area contributed by atoms with Gasteiger partial charge in [-0.15, -0.1) is 11.3 Å². The monoisotopic (exact) mass is 342 g/mol. The molecule has 0 N–H and O–H groups in total. The fourth-order valence-electron chi connectivity index (χ4n) is 2.98. The zero-order valence-electron chi connectivity index (χ0n) is 13.9. The van der Waals surface area contributed by atoms with Gasteiger partial charge in [-0.1, -0.05) is 13.0 Å². The molecule has 4 rings (SSSR count). The van der Waals surface area contributed by atoms with E-state index in [1.807, 2.05) is 6.92 Å². The van der Waals surface area contributed by atoms with Gasteiger partial charge in [-0.2, -0.15) is 5.10 Å². The van der Waals surface area contributed by atoms with Gasteiger partial charge < -0.3 is 4.74 Å². The van der Waals surface area contributed by atoms with Crippen LogP contribution in [0.5, 0.6) is 5.75 Å². The number of fused-ring (bicyclic) bond motifs is 3. The van der Waals surface area contributed by atoms with E-state index in [0.29, 0.717) is 17.6 Å². The van der Waals surface area contributed by atoms with Crippen molar-refractivity contribution in [3.05, 3.63) is 44.9 Å². The first kappa shape index (κ1) is 15.1. The van der Waals surface area contributed by atoms with Crippen LogP contribution in [0.25, 0.3) is 16.4 Å². The van der Waals surface area contributed by atoms with Crippen molar-refractivity contribution in [1.29, 1.82) is 0 Å². The quantitative estimate of drug-likeness (QED) is 0.718. The maximum absolute atomic E-state index is 12.3. The molecule has 0 saturated heterocycles. The molecule has 3 aromatic rings. The van der Waals surface area contributed by atoms with E-state index in [1.165, 1.54) is 21.6 Å². The number of hydrogen-bond acceptors (Lipinski definition) is 5.